The molecule has 2 aromatic carbocycles. The zero-order valence-corrected chi connectivity index (χ0v) is 17.9. The lowest BCUT2D eigenvalue weighted by molar-refractivity contribution is -0.124. The maximum atomic E-state index is 13.3. The highest BCUT2D eigenvalue weighted by atomic mass is 16.2. The van der Waals surface area contributed by atoms with Gasteiger partial charge >= 0.3 is 0 Å². The second-order valence-electron chi connectivity index (χ2n) is 8.50. The number of rotatable bonds is 4. The molecule has 2 heterocycles. The largest absolute Gasteiger partial charge is 0.348 e. The summed E-state index contributed by atoms with van der Waals surface area (Å²) in [6.45, 7) is 7.76. The van der Waals surface area contributed by atoms with E-state index in [9.17, 15) is 14.4 Å². The van der Waals surface area contributed by atoms with E-state index in [1.807, 2.05) is 45.9 Å². The van der Waals surface area contributed by atoms with Gasteiger partial charge < -0.3 is 10.2 Å². The van der Waals surface area contributed by atoms with Gasteiger partial charge in [-0.05, 0) is 57.4 Å². The molecular formula is C24H27N3O3. The Morgan fingerprint density at radius 2 is 1.90 bits per heavy atom. The lowest BCUT2D eigenvalue weighted by atomic mass is 9.98. The van der Waals surface area contributed by atoms with Crippen LogP contribution in [0.25, 0.3) is 0 Å². The smallest absolute Gasteiger partial charge is 0.258 e. The highest BCUT2D eigenvalue weighted by molar-refractivity contribution is 6.11. The average molecular weight is 405 g/mol. The van der Waals surface area contributed by atoms with E-state index in [1.165, 1.54) is 0 Å². The first-order valence-electron chi connectivity index (χ1n) is 10.3. The lowest BCUT2D eigenvalue weighted by Gasteiger charge is -2.48. The molecule has 0 saturated carbocycles. The predicted molar refractivity (Wildman–Crippen MR) is 115 cm³/mol. The molecule has 4 rings (SSSR count). The number of hydrogen-bond acceptors (Lipinski definition) is 3. The molecular weight excluding hydrogens is 378 g/mol. The van der Waals surface area contributed by atoms with Gasteiger partial charge in [-0.2, -0.15) is 0 Å². The van der Waals surface area contributed by atoms with Gasteiger partial charge in [0.2, 0.25) is 11.8 Å². The van der Waals surface area contributed by atoms with Crippen molar-refractivity contribution >= 4 is 23.4 Å². The van der Waals surface area contributed by atoms with Crippen LogP contribution in [0.5, 0.6) is 0 Å². The molecule has 3 amide bonds. The van der Waals surface area contributed by atoms with Crippen LogP contribution in [0, 0.1) is 13.8 Å². The number of carbonyl (C=O) groups is 3. The summed E-state index contributed by atoms with van der Waals surface area (Å²) < 4.78 is 0. The molecule has 2 aromatic rings. The average Bonchev–Trinajstić information content (AvgIpc) is 3.02. The molecule has 6 heteroatoms. The first-order valence-corrected chi connectivity index (χ1v) is 10.3. The van der Waals surface area contributed by atoms with Crippen molar-refractivity contribution in [1.29, 1.82) is 0 Å². The standard InChI is InChI=1S/C24H27N3O3/c1-15-9-10-16(2)19(13-15)17(3)25-21(28)14-26-23(30)18-7-5-6-8-20(18)27-22(29)11-12-24(26,27)4/h5-10,13,17H,11-12,14H2,1-4H3,(H,25,28). The highest BCUT2D eigenvalue weighted by Crippen LogP contribution is 2.43. The maximum absolute atomic E-state index is 13.3. The van der Waals surface area contributed by atoms with Gasteiger partial charge in [-0.1, -0.05) is 35.9 Å². The fraction of sp³-hybridized carbons (Fsp3) is 0.375. The first kappa shape index (κ1) is 20.1. The summed E-state index contributed by atoms with van der Waals surface area (Å²) in [6, 6.07) is 13.1. The normalized spacial score (nSPS) is 21.3. The molecule has 30 heavy (non-hydrogen) atoms. The quantitative estimate of drug-likeness (QED) is 0.847. The molecule has 2 aliphatic rings. The van der Waals surface area contributed by atoms with Crippen molar-refractivity contribution in [3.63, 3.8) is 0 Å². The van der Waals surface area contributed by atoms with Crippen LogP contribution < -0.4 is 10.2 Å². The molecule has 1 saturated heterocycles. The third-order valence-corrected chi connectivity index (χ3v) is 6.33. The summed E-state index contributed by atoms with van der Waals surface area (Å²) in [5.41, 5.74) is 3.56. The third-order valence-electron chi connectivity index (χ3n) is 6.33. The second-order valence-corrected chi connectivity index (χ2v) is 8.50. The highest BCUT2D eigenvalue weighted by Gasteiger charge is 2.53. The number of fused-ring (bicyclic) bond motifs is 3. The van der Waals surface area contributed by atoms with Gasteiger partial charge in [0.1, 0.15) is 12.2 Å². The minimum Gasteiger partial charge on any atom is -0.348 e. The molecule has 1 fully saturated rings. The van der Waals surface area contributed by atoms with Gasteiger partial charge in [-0.15, -0.1) is 0 Å². The van der Waals surface area contributed by atoms with Gasteiger partial charge in [0, 0.05) is 6.42 Å². The summed E-state index contributed by atoms with van der Waals surface area (Å²) in [5.74, 6) is -0.475. The van der Waals surface area contributed by atoms with Gasteiger partial charge in [0.05, 0.1) is 17.3 Å². The van der Waals surface area contributed by atoms with Crippen molar-refractivity contribution in [3.05, 3.63) is 64.7 Å². The number of nitrogens with one attached hydrogen (secondary N) is 1. The van der Waals surface area contributed by atoms with E-state index in [-0.39, 0.29) is 30.3 Å². The van der Waals surface area contributed by atoms with Crippen molar-refractivity contribution in [3.8, 4) is 0 Å². The fourth-order valence-corrected chi connectivity index (χ4v) is 4.68. The zero-order valence-electron chi connectivity index (χ0n) is 17.9. The first-order chi connectivity index (χ1) is 14.2. The molecule has 0 aromatic heterocycles. The number of benzene rings is 2. The van der Waals surface area contributed by atoms with E-state index < -0.39 is 5.66 Å². The van der Waals surface area contributed by atoms with Crippen LogP contribution in [-0.4, -0.2) is 34.8 Å². The third kappa shape index (κ3) is 3.16. The maximum Gasteiger partial charge on any atom is 0.258 e. The van der Waals surface area contributed by atoms with Crippen LogP contribution in [-0.2, 0) is 9.59 Å². The van der Waals surface area contributed by atoms with Crippen molar-refractivity contribution in [1.82, 2.24) is 10.2 Å². The van der Waals surface area contributed by atoms with E-state index in [0.717, 1.165) is 16.7 Å². The Labute approximate surface area is 176 Å². The number of carbonyl (C=O) groups excluding carboxylic acids is 3. The van der Waals surface area contributed by atoms with Gasteiger partial charge in [0.15, 0.2) is 0 Å². The Morgan fingerprint density at radius 1 is 1.17 bits per heavy atom. The molecule has 0 spiro atoms. The second kappa shape index (κ2) is 7.27. The molecule has 0 bridgehead atoms. The predicted octanol–water partition coefficient (Wildman–Crippen LogP) is 3.48. The van der Waals surface area contributed by atoms with Crippen molar-refractivity contribution in [2.75, 3.05) is 11.4 Å². The SMILES string of the molecule is Cc1ccc(C)c(C(C)NC(=O)CN2C(=O)c3ccccc3N3C(=O)CCC23C)c1. The monoisotopic (exact) mass is 405 g/mol. The number of anilines is 1. The summed E-state index contributed by atoms with van der Waals surface area (Å²) in [7, 11) is 0. The summed E-state index contributed by atoms with van der Waals surface area (Å²) >= 11 is 0. The van der Waals surface area contributed by atoms with Crippen LogP contribution in [0.4, 0.5) is 5.69 Å². The molecule has 2 unspecified atom stereocenters. The van der Waals surface area contributed by atoms with Crippen LogP contribution in [0.3, 0.4) is 0 Å². The molecule has 0 aliphatic carbocycles. The van der Waals surface area contributed by atoms with E-state index in [2.05, 4.69) is 11.4 Å². The zero-order chi connectivity index (χ0) is 21.6. The van der Waals surface area contributed by atoms with Crippen molar-refractivity contribution in [2.45, 2.75) is 52.2 Å². The molecule has 0 radical (unpaired) electrons. The summed E-state index contributed by atoms with van der Waals surface area (Å²) in [5, 5.41) is 3.03. The van der Waals surface area contributed by atoms with E-state index in [4.69, 9.17) is 0 Å². The van der Waals surface area contributed by atoms with Crippen molar-refractivity contribution in [2.24, 2.45) is 0 Å². The van der Waals surface area contributed by atoms with Gasteiger partial charge in [-0.3, -0.25) is 19.3 Å². The number of aryl methyl sites for hydroxylation is 2. The number of hydrogen-bond donors (Lipinski definition) is 1. The van der Waals surface area contributed by atoms with Crippen LogP contribution in [0.15, 0.2) is 42.5 Å². The molecule has 1 N–H and O–H groups in total. The van der Waals surface area contributed by atoms with Crippen LogP contribution >= 0.6 is 0 Å². The number of para-hydroxylation sites is 1. The Bertz CT molecular complexity index is 1050. The van der Waals surface area contributed by atoms with E-state index in [0.29, 0.717) is 24.1 Å². The Balaban J connectivity index is 1.59. The lowest BCUT2D eigenvalue weighted by Crippen LogP contribution is -2.63. The molecule has 2 aliphatic heterocycles. The van der Waals surface area contributed by atoms with Gasteiger partial charge in [0.25, 0.3) is 5.91 Å². The van der Waals surface area contributed by atoms with Crippen LogP contribution in [0.2, 0.25) is 0 Å². The minimum absolute atomic E-state index is 0.0217. The Morgan fingerprint density at radius 3 is 2.67 bits per heavy atom. The van der Waals surface area contributed by atoms with Crippen LogP contribution in [0.1, 0.15) is 59.8 Å². The molecule has 156 valence electrons. The summed E-state index contributed by atoms with van der Waals surface area (Å²) in [4.78, 5) is 42.1. The fourth-order valence-electron chi connectivity index (χ4n) is 4.68. The van der Waals surface area contributed by atoms with E-state index >= 15 is 0 Å². The minimum atomic E-state index is -0.831. The topological polar surface area (TPSA) is 69.7 Å². The van der Waals surface area contributed by atoms with Gasteiger partial charge in [-0.25, -0.2) is 0 Å². The van der Waals surface area contributed by atoms with E-state index in [1.54, 1.807) is 28.0 Å². The molecule has 6 nitrogen and oxygen atoms in total. The Kier molecular flexibility index (Phi) is 4.88. The Hall–Kier alpha value is -3.15. The summed E-state index contributed by atoms with van der Waals surface area (Å²) in [6.07, 6.45) is 0.862. The number of nitrogens with zero attached hydrogens (tertiary/aromatic N) is 2. The number of amides is 3. The molecule has 2 atom stereocenters. The van der Waals surface area contributed by atoms with Crippen molar-refractivity contribution < 1.29 is 14.4 Å².